The number of hydrogen-bond donors (Lipinski definition) is 3. The van der Waals surface area contributed by atoms with E-state index in [9.17, 15) is 13.6 Å². The summed E-state index contributed by atoms with van der Waals surface area (Å²) in [7, 11) is 1.33. The van der Waals surface area contributed by atoms with Crippen molar-refractivity contribution in [3.05, 3.63) is 101 Å². The molecule has 6 nitrogen and oxygen atoms in total. The first-order valence-corrected chi connectivity index (χ1v) is 10.3. The average Bonchev–Trinajstić information content (AvgIpc) is 2.81. The van der Waals surface area contributed by atoms with E-state index in [1.807, 2.05) is 0 Å². The molecule has 0 spiro atoms. The number of benzene rings is 3. The number of carbonyl (C=O) groups excluding carboxylic acids is 1. The number of nitrogens with one attached hydrogen (secondary N) is 2. The zero-order chi connectivity index (χ0) is 23.8. The lowest BCUT2D eigenvalue weighted by atomic mass is 10.1. The Labute approximate surface area is 203 Å². The number of methoxy groups -OCH3 is 1. The highest BCUT2D eigenvalue weighted by Crippen LogP contribution is 2.25. The van der Waals surface area contributed by atoms with Gasteiger partial charge in [0.15, 0.2) is 6.10 Å². The quantitative estimate of drug-likeness (QED) is 0.292. The van der Waals surface area contributed by atoms with Crippen LogP contribution in [0, 0.1) is 17.0 Å². The molecule has 0 saturated heterocycles. The molecule has 1 atom stereocenters. The van der Waals surface area contributed by atoms with Crippen LogP contribution in [0.5, 0.6) is 5.75 Å². The molecular weight excluding hydrogens is 464 g/mol. The topological polar surface area (TPSA) is 97.4 Å². The van der Waals surface area contributed by atoms with Gasteiger partial charge in [-0.2, -0.15) is 0 Å². The highest BCUT2D eigenvalue weighted by Gasteiger charge is 2.23. The Morgan fingerprint density at radius 1 is 1.03 bits per heavy atom. The smallest absolute Gasteiger partial charge is 0.254 e. The van der Waals surface area contributed by atoms with Crippen molar-refractivity contribution in [2.45, 2.75) is 19.1 Å². The summed E-state index contributed by atoms with van der Waals surface area (Å²) in [5.74, 6) is -1.14. The normalized spacial score (nSPS) is 11.3. The third kappa shape index (κ3) is 7.26. The van der Waals surface area contributed by atoms with Gasteiger partial charge in [0.25, 0.3) is 5.91 Å². The van der Waals surface area contributed by atoms with Crippen LogP contribution in [-0.4, -0.2) is 25.5 Å². The molecule has 0 aliphatic heterocycles. The van der Waals surface area contributed by atoms with E-state index in [0.29, 0.717) is 24.3 Å². The van der Waals surface area contributed by atoms with Gasteiger partial charge in [-0.15, -0.1) is 12.4 Å². The van der Waals surface area contributed by atoms with Crippen molar-refractivity contribution < 1.29 is 23.0 Å². The predicted octanol–water partition coefficient (Wildman–Crippen LogP) is 4.30. The minimum atomic E-state index is -1.13. The Morgan fingerprint density at radius 2 is 1.68 bits per heavy atom. The lowest BCUT2D eigenvalue weighted by molar-refractivity contribution is -0.131. The molecule has 34 heavy (non-hydrogen) atoms. The van der Waals surface area contributed by atoms with Crippen LogP contribution < -0.4 is 15.8 Å². The standard InChI is InChI=1S/C25H25F2N3O3.ClH/c1-32-23(25(31)30-15-17-2-6-18(7-3-17)24(28)29)21-11-10-20(14-22(21)27)33-13-12-16-4-8-19(26)9-5-16;/h2-11,14,23H,12-13,15H2,1H3,(H3,28,29)(H,30,31);1H/t23-;/m0./s1. The Balaban J connectivity index is 0.00000408. The van der Waals surface area contributed by atoms with Crippen molar-refractivity contribution in [2.75, 3.05) is 13.7 Å². The van der Waals surface area contributed by atoms with Gasteiger partial charge >= 0.3 is 0 Å². The van der Waals surface area contributed by atoms with Crippen LogP contribution in [0.25, 0.3) is 0 Å². The summed E-state index contributed by atoms with van der Waals surface area (Å²) in [6.45, 7) is 0.504. The molecule has 0 radical (unpaired) electrons. The first kappa shape index (κ1) is 26.8. The largest absolute Gasteiger partial charge is 0.493 e. The molecule has 0 aromatic heterocycles. The summed E-state index contributed by atoms with van der Waals surface area (Å²) in [5.41, 5.74) is 7.81. The van der Waals surface area contributed by atoms with Gasteiger partial charge < -0.3 is 20.5 Å². The molecule has 3 rings (SSSR count). The van der Waals surface area contributed by atoms with Crippen LogP contribution in [-0.2, 0) is 22.5 Å². The van der Waals surface area contributed by atoms with Crippen molar-refractivity contribution in [3.8, 4) is 5.75 Å². The molecule has 180 valence electrons. The van der Waals surface area contributed by atoms with E-state index in [4.69, 9.17) is 20.6 Å². The molecule has 0 bridgehead atoms. The van der Waals surface area contributed by atoms with E-state index >= 15 is 0 Å². The number of ether oxygens (including phenoxy) is 2. The van der Waals surface area contributed by atoms with Crippen LogP contribution in [0.4, 0.5) is 8.78 Å². The Morgan fingerprint density at radius 3 is 2.26 bits per heavy atom. The second kappa shape index (κ2) is 12.7. The van der Waals surface area contributed by atoms with Gasteiger partial charge in [-0.3, -0.25) is 10.2 Å². The fraction of sp³-hybridized carbons (Fsp3) is 0.200. The maximum absolute atomic E-state index is 14.7. The number of amides is 1. The third-order valence-electron chi connectivity index (χ3n) is 5.03. The van der Waals surface area contributed by atoms with Crippen molar-refractivity contribution >= 4 is 24.1 Å². The van der Waals surface area contributed by atoms with Gasteiger partial charge in [-0.05, 0) is 35.4 Å². The minimum absolute atomic E-state index is 0. The van der Waals surface area contributed by atoms with E-state index < -0.39 is 17.8 Å². The average molecular weight is 490 g/mol. The maximum atomic E-state index is 14.7. The molecule has 0 saturated carbocycles. The van der Waals surface area contributed by atoms with E-state index in [0.717, 1.165) is 11.1 Å². The lowest BCUT2D eigenvalue weighted by Crippen LogP contribution is -2.30. The van der Waals surface area contributed by atoms with Gasteiger partial charge in [0.05, 0.1) is 6.61 Å². The van der Waals surface area contributed by atoms with E-state index in [2.05, 4.69) is 5.32 Å². The number of hydrogen-bond acceptors (Lipinski definition) is 4. The second-order valence-electron chi connectivity index (χ2n) is 7.35. The number of amidine groups is 1. The van der Waals surface area contributed by atoms with Crippen LogP contribution in [0.3, 0.4) is 0 Å². The van der Waals surface area contributed by atoms with Crippen LogP contribution in [0.1, 0.15) is 28.4 Å². The van der Waals surface area contributed by atoms with Crippen LogP contribution in [0.15, 0.2) is 66.7 Å². The summed E-state index contributed by atoms with van der Waals surface area (Å²) < 4.78 is 38.5. The van der Waals surface area contributed by atoms with E-state index in [1.165, 1.54) is 31.4 Å². The summed E-state index contributed by atoms with van der Waals surface area (Å²) in [6.07, 6.45) is -0.588. The molecule has 0 aliphatic carbocycles. The van der Waals surface area contributed by atoms with Gasteiger partial charge in [-0.25, -0.2) is 8.78 Å². The highest BCUT2D eigenvalue weighted by molar-refractivity contribution is 5.94. The third-order valence-corrected chi connectivity index (χ3v) is 5.03. The molecule has 0 heterocycles. The summed E-state index contributed by atoms with van der Waals surface area (Å²) >= 11 is 0. The number of nitrogen functional groups attached to an aromatic ring is 1. The van der Waals surface area contributed by atoms with Gasteiger partial charge in [0.2, 0.25) is 0 Å². The Bertz CT molecular complexity index is 1110. The fourth-order valence-electron chi connectivity index (χ4n) is 3.21. The number of rotatable bonds is 10. The first-order chi connectivity index (χ1) is 15.9. The monoisotopic (exact) mass is 489 g/mol. The Hall–Kier alpha value is -3.49. The van der Waals surface area contributed by atoms with Crippen molar-refractivity contribution in [1.29, 1.82) is 5.41 Å². The van der Waals surface area contributed by atoms with Gasteiger partial charge in [0.1, 0.15) is 23.2 Å². The van der Waals surface area contributed by atoms with E-state index in [1.54, 1.807) is 42.5 Å². The van der Waals surface area contributed by atoms with Gasteiger partial charge in [-0.1, -0.05) is 36.4 Å². The maximum Gasteiger partial charge on any atom is 0.254 e. The molecule has 0 fully saturated rings. The summed E-state index contributed by atoms with van der Waals surface area (Å²) in [4.78, 5) is 12.6. The first-order valence-electron chi connectivity index (χ1n) is 10.3. The van der Waals surface area contributed by atoms with Gasteiger partial charge in [0, 0.05) is 37.3 Å². The molecule has 0 unspecified atom stereocenters. The number of halogens is 3. The predicted molar refractivity (Wildman–Crippen MR) is 128 cm³/mol. The van der Waals surface area contributed by atoms with Crippen molar-refractivity contribution in [2.24, 2.45) is 5.73 Å². The molecule has 3 aromatic carbocycles. The number of carbonyl (C=O) groups is 1. The van der Waals surface area contributed by atoms with Crippen LogP contribution >= 0.6 is 12.4 Å². The summed E-state index contributed by atoms with van der Waals surface area (Å²) in [6, 6.07) is 17.2. The lowest BCUT2D eigenvalue weighted by Gasteiger charge is -2.17. The molecule has 9 heteroatoms. The molecule has 0 aliphatic rings. The van der Waals surface area contributed by atoms with Crippen molar-refractivity contribution in [1.82, 2.24) is 5.32 Å². The van der Waals surface area contributed by atoms with Crippen molar-refractivity contribution in [3.63, 3.8) is 0 Å². The SMILES string of the molecule is CO[C@H](C(=O)NCc1ccc(C(=N)N)cc1)c1ccc(OCCc2ccc(F)cc2)cc1F.Cl. The zero-order valence-electron chi connectivity index (χ0n) is 18.5. The minimum Gasteiger partial charge on any atom is -0.493 e. The Kier molecular flexibility index (Phi) is 9.97. The van der Waals surface area contributed by atoms with E-state index in [-0.39, 0.29) is 36.2 Å². The number of nitrogens with two attached hydrogens (primary N) is 1. The van der Waals surface area contributed by atoms with Crippen LogP contribution in [0.2, 0.25) is 0 Å². The molecular formula is C25H26ClF2N3O3. The zero-order valence-corrected chi connectivity index (χ0v) is 19.3. The fourth-order valence-corrected chi connectivity index (χ4v) is 3.21. The second-order valence-corrected chi connectivity index (χ2v) is 7.35. The summed E-state index contributed by atoms with van der Waals surface area (Å²) in [5, 5.41) is 10.1. The molecule has 1 amide bonds. The highest BCUT2D eigenvalue weighted by atomic mass is 35.5. The molecule has 4 N–H and O–H groups in total. The molecule has 3 aromatic rings.